The van der Waals surface area contributed by atoms with Gasteiger partial charge in [-0.15, -0.1) is 6.58 Å². The topological polar surface area (TPSA) is 74.3 Å². The van der Waals surface area contributed by atoms with Gasteiger partial charge in [-0.2, -0.15) is 13.2 Å². The van der Waals surface area contributed by atoms with Gasteiger partial charge in [0, 0.05) is 31.7 Å². The molecule has 2 amide bonds. The Morgan fingerprint density at radius 1 is 1.25 bits per heavy atom. The molecule has 1 fully saturated rings. The monoisotopic (exact) mass is 466 g/mol. The van der Waals surface area contributed by atoms with Gasteiger partial charge in [-0.3, -0.25) is 9.59 Å². The van der Waals surface area contributed by atoms with Crippen LogP contribution in [0.15, 0.2) is 49.2 Å². The molecule has 0 atom stereocenters. The lowest BCUT2D eigenvalue weighted by atomic mass is 9.95. The summed E-state index contributed by atoms with van der Waals surface area (Å²) in [4.78, 5) is 30.7. The minimum Gasteiger partial charge on any atom is -0.355 e. The van der Waals surface area contributed by atoms with E-state index >= 15 is 0 Å². The van der Waals surface area contributed by atoms with Gasteiger partial charge in [-0.05, 0) is 31.0 Å². The number of pyridine rings is 1. The fourth-order valence-corrected chi connectivity index (χ4v) is 3.74. The lowest BCUT2D eigenvalue weighted by Gasteiger charge is -2.32. The Morgan fingerprint density at radius 3 is 2.56 bits per heavy atom. The number of para-hydroxylation sites is 1. The molecule has 2 aromatic rings. The first kappa shape index (κ1) is 23.6. The van der Waals surface area contributed by atoms with Gasteiger partial charge >= 0.3 is 6.18 Å². The number of nitrogens with one attached hydrogen (secondary N) is 2. The summed E-state index contributed by atoms with van der Waals surface area (Å²) in [6, 6.07) is 7.56. The molecular weight excluding hydrogens is 445 g/mol. The number of hydrogen-bond donors (Lipinski definition) is 2. The molecule has 1 aliphatic rings. The predicted molar refractivity (Wildman–Crippen MR) is 117 cm³/mol. The summed E-state index contributed by atoms with van der Waals surface area (Å²) in [7, 11) is 0. The first-order chi connectivity index (χ1) is 15.2. The van der Waals surface area contributed by atoms with Crippen molar-refractivity contribution in [1.29, 1.82) is 0 Å². The first-order valence-electron chi connectivity index (χ1n) is 9.97. The third-order valence-corrected chi connectivity index (χ3v) is 5.43. The van der Waals surface area contributed by atoms with Crippen molar-refractivity contribution in [2.45, 2.75) is 19.0 Å². The van der Waals surface area contributed by atoms with Crippen LogP contribution >= 0.6 is 11.6 Å². The maximum atomic E-state index is 12.8. The van der Waals surface area contributed by atoms with E-state index in [0.717, 1.165) is 12.3 Å². The van der Waals surface area contributed by atoms with Crippen molar-refractivity contribution in [1.82, 2.24) is 10.3 Å². The standard InChI is InChI=1S/C22H22ClF3N4O2/c1-2-9-27-21(32)16-5-3-4-6-18(16)29-20(31)14-7-10-30(11-8-14)19-17(23)12-15(13-28-19)22(24,25)26/h2-6,12-14H,1,7-11H2,(H,27,32)(H,29,31). The van der Waals surface area contributed by atoms with Crippen molar-refractivity contribution in [3.05, 3.63) is 65.3 Å². The van der Waals surface area contributed by atoms with Crippen LogP contribution in [0.1, 0.15) is 28.8 Å². The van der Waals surface area contributed by atoms with Crippen LogP contribution < -0.4 is 15.5 Å². The predicted octanol–water partition coefficient (Wildman–Crippen LogP) is 4.52. The van der Waals surface area contributed by atoms with Crippen LogP contribution in [0.3, 0.4) is 0 Å². The van der Waals surface area contributed by atoms with Crippen molar-refractivity contribution >= 4 is 34.9 Å². The minimum atomic E-state index is -4.51. The molecule has 0 saturated carbocycles. The first-order valence-corrected chi connectivity index (χ1v) is 10.3. The summed E-state index contributed by atoms with van der Waals surface area (Å²) in [6.45, 7) is 4.69. The molecule has 0 radical (unpaired) electrons. The van der Waals surface area contributed by atoms with Crippen LogP contribution in [0.4, 0.5) is 24.7 Å². The van der Waals surface area contributed by atoms with Gasteiger partial charge in [0.15, 0.2) is 0 Å². The zero-order valence-corrected chi connectivity index (χ0v) is 17.8. The summed E-state index contributed by atoms with van der Waals surface area (Å²) in [5.41, 5.74) is -0.147. The molecule has 6 nitrogen and oxygen atoms in total. The summed E-state index contributed by atoms with van der Waals surface area (Å²) >= 11 is 6.03. The Morgan fingerprint density at radius 2 is 1.94 bits per heavy atom. The molecule has 32 heavy (non-hydrogen) atoms. The molecule has 2 N–H and O–H groups in total. The largest absolute Gasteiger partial charge is 0.417 e. The molecule has 1 aliphatic heterocycles. The highest BCUT2D eigenvalue weighted by atomic mass is 35.5. The second-order valence-electron chi connectivity index (χ2n) is 7.32. The summed E-state index contributed by atoms with van der Waals surface area (Å²) in [6.07, 6.45) is -1.26. The molecule has 0 spiro atoms. The smallest absolute Gasteiger partial charge is 0.355 e. The lowest BCUT2D eigenvalue weighted by molar-refractivity contribution is -0.137. The van der Waals surface area contributed by atoms with Crippen molar-refractivity contribution in [3.63, 3.8) is 0 Å². The molecule has 10 heteroatoms. The van der Waals surface area contributed by atoms with Gasteiger partial charge in [0.05, 0.1) is 21.8 Å². The number of carbonyl (C=O) groups is 2. The van der Waals surface area contributed by atoms with Crippen LogP contribution in [0.25, 0.3) is 0 Å². The van der Waals surface area contributed by atoms with E-state index in [0.29, 0.717) is 43.7 Å². The summed E-state index contributed by atoms with van der Waals surface area (Å²) < 4.78 is 38.4. The number of anilines is 2. The fraction of sp³-hybridized carbons (Fsp3) is 0.318. The maximum Gasteiger partial charge on any atom is 0.417 e. The minimum absolute atomic E-state index is 0.0813. The number of halogens is 4. The normalized spacial score (nSPS) is 14.7. The number of benzene rings is 1. The van der Waals surface area contributed by atoms with E-state index in [1.54, 1.807) is 35.2 Å². The Hall–Kier alpha value is -3.07. The molecule has 1 aromatic carbocycles. The van der Waals surface area contributed by atoms with Crippen LogP contribution in [-0.2, 0) is 11.0 Å². The number of alkyl halides is 3. The van der Waals surface area contributed by atoms with Gasteiger partial charge in [0.25, 0.3) is 5.91 Å². The highest BCUT2D eigenvalue weighted by molar-refractivity contribution is 6.33. The molecule has 170 valence electrons. The SMILES string of the molecule is C=CCNC(=O)c1ccccc1NC(=O)C1CCN(c2ncc(C(F)(F)F)cc2Cl)CC1. The van der Waals surface area contributed by atoms with Gasteiger partial charge in [0.2, 0.25) is 5.91 Å². The maximum absolute atomic E-state index is 12.8. The number of rotatable bonds is 6. The number of amides is 2. The van der Waals surface area contributed by atoms with Gasteiger partial charge in [-0.1, -0.05) is 29.8 Å². The Kier molecular flexibility index (Phi) is 7.40. The zero-order chi connectivity index (χ0) is 23.3. The highest BCUT2D eigenvalue weighted by Gasteiger charge is 2.33. The molecular formula is C22H22ClF3N4O2. The third-order valence-electron chi connectivity index (χ3n) is 5.15. The van der Waals surface area contributed by atoms with E-state index in [1.807, 2.05) is 0 Å². The number of carbonyl (C=O) groups excluding carboxylic acids is 2. The van der Waals surface area contributed by atoms with Crippen LogP contribution in [0.2, 0.25) is 5.02 Å². The average Bonchev–Trinajstić information content (AvgIpc) is 2.77. The number of aromatic nitrogens is 1. The molecule has 3 rings (SSSR count). The average molecular weight is 467 g/mol. The third kappa shape index (κ3) is 5.59. The van der Waals surface area contributed by atoms with Crippen LogP contribution in [0, 0.1) is 5.92 Å². The zero-order valence-electron chi connectivity index (χ0n) is 17.1. The second-order valence-corrected chi connectivity index (χ2v) is 7.73. The van der Waals surface area contributed by atoms with Gasteiger partial charge in [-0.25, -0.2) is 4.98 Å². The molecule has 1 aromatic heterocycles. The quantitative estimate of drug-likeness (QED) is 0.614. The van der Waals surface area contributed by atoms with Gasteiger partial charge in [0.1, 0.15) is 5.82 Å². The lowest BCUT2D eigenvalue weighted by Crippen LogP contribution is -2.39. The summed E-state index contributed by atoms with van der Waals surface area (Å²) in [5.74, 6) is -0.592. The molecule has 0 aliphatic carbocycles. The van der Waals surface area contributed by atoms with Crippen molar-refractivity contribution in [2.75, 3.05) is 29.9 Å². The molecule has 2 heterocycles. The van der Waals surface area contributed by atoms with E-state index in [1.165, 1.54) is 0 Å². The van der Waals surface area contributed by atoms with Gasteiger partial charge < -0.3 is 15.5 Å². The van der Waals surface area contributed by atoms with Crippen molar-refractivity contribution < 1.29 is 22.8 Å². The highest BCUT2D eigenvalue weighted by Crippen LogP contribution is 2.34. The van der Waals surface area contributed by atoms with E-state index in [4.69, 9.17) is 11.6 Å². The number of hydrogen-bond acceptors (Lipinski definition) is 4. The summed E-state index contributed by atoms with van der Waals surface area (Å²) in [5, 5.41) is 5.41. The Labute approximate surface area is 188 Å². The second kappa shape index (κ2) is 10.0. The van der Waals surface area contributed by atoms with Crippen LogP contribution in [-0.4, -0.2) is 36.4 Å². The van der Waals surface area contributed by atoms with E-state index in [9.17, 15) is 22.8 Å². The number of piperidine rings is 1. The molecule has 1 saturated heterocycles. The Balaban J connectivity index is 1.62. The van der Waals surface area contributed by atoms with E-state index in [-0.39, 0.29) is 28.6 Å². The molecule has 0 unspecified atom stereocenters. The van der Waals surface area contributed by atoms with Crippen LogP contribution in [0.5, 0.6) is 0 Å². The van der Waals surface area contributed by atoms with E-state index < -0.39 is 11.7 Å². The fourth-order valence-electron chi connectivity index (χ4n) is 3.46. The Bertz CT molecular complexity index is 1000. The molecule has 0 bridgehead atoms. The number of nitrogens with zero attached hydrogens (tertiary/aromatic N) is 2. The van der Waals surface area contributed by atoms with Crippen molar-refractivity contribution in [3.8, 4) is 0 Å². The van der Waals surface area contributed by atoms with Crippen molar-refractivity contribution in [2.24, 2.45) is 5.92 Å². The van der Waals surface area contributed by atoms with E-state index in [2.05, 4.69) is 22.2 Å².